The van der Waals surface area contributed by atoms with E-state index in [9.17, 15) is 19.4 Å². The van der Waals surface area contributed by atoms with E-state index in [4.69, 9.17) is 9.05 Å². The standard InChI is InChI=1S/C46H95N2O6P/c1-6-8-10-12-14-16-17-18-19-20-21-22-23-24-25-26-27-28-29-30-31-32-33-35-37-39-45(49)44(43-54-55(51,52)53-42-41-48(3,4)5)47-46(50)40-38-36-34-15-13-11-9-7-2/h44-45,49H,6-43H2,1-5H3,(H-,47,50,51,52)/p+1. The maximum Gasteiger partial charge on any atom is 0.472 e. The SMILES string of the molecule is CCCCCCCCCCCCCCCCCCCCCCCCCCCC(O)C(COP(=O)(O)OCC[N+](C)(C)C)NC(=O)CCCCCCCCCC. The number of nitrogens with one attached hydrogen (secondary N) is 1. The summed E-state index contributed by atoms with van der Waals surface area (Å²) in [5.41, 5.74) is 0. The van der Waals surface area contributed by atoms with Gasteiger partial charge in [-0.15, -0.1) is 0 Å². The molecule has 0 radical (unpaired) electrons. The average Bonchev–Trinajstić information content (AvgIpc) is 3.13. The lowest BCUT2D eigenvalue weighted by atomic mass is 10.0. The minimum atomic E-state index is -4.30. The monoisotopic (exact) mass is 804 g/mol. The van der Waals surface area contributed by atoms with Crippen LogP contribution in [0.25, 0.3) is 0 Å². The Morgan fingerprint density at radius 2 is 0.873 bits per heavy atom. The zero-order valence-electron chi connectivity index (χ0n) is 37.4. The predicted octanol–water partition coefficient (Wildman–Crippen LogP) is 13.4. The van der Waals surface area contributed by atoms with E-state index in [-0.39, 0.29) is 19.1 Å². The smallest absolute Gasteiger partial charge is 0.391 e. The Labute approximate surface area is 342 Å². The van der Waals surface area contributed by atoms with Crippen LogP contribution in [-0.2, 0) is 18.4 Å². The van der Waals surface area contributed by atoms with Crippen molar-refractivity contribution in [1.82, 2.24) is 5.32 Å². The van der Waals surface area contributed by atoms with Crippen LogP contribution in [0.1, 0.15) is 239 Å². The molecule has 0 saturated carbocycles. The van der Waals surface area contributed by atoms with Crippen molar-refractivity contribution in [1.29, 1.82) is 0 Å². The van der Waals surface area contributed by atoms with Crippen LogP contribution in [0.5, 0.6) is 0 Å². The van der Waals surface area contributed by atoms with E-state index in [1.54, 1.807) is 0 Å². The molecule has 0 heterocycles. The fourth-order valence-electron chi connectivity index (χ4n) is 7.28. The second-order valence-corrected chi connectivity index (χ2v) is 19.3. The van der Waals surface area contributed by atoms with Gasteiger partial charge < -0.3 is 19.8 Å². The number of nitrogens with zero attached hydrogens (tertiary/aromatic N) is 1. The molecule has 330 valence electrons. The molecule has 0 fully saturated rings. The van der Waals surface area contributed by atoms with Gasteiger partial charge in [0.2, 0.25) is 5.91 Å². The fourth-order valence-corrected chi connectivity index (χ4v) is 8.02. The van der Waals surface area contributed by atoms with Crippen LogP contribution < -0.4 is 5.32 Å². The highest BCUT2D eigenvalue weighted by Crippen LogP contribution is 2.43. The van der Waals surface area contributed by atoms with Gasteiger partial charge in [0.15, 0.2) is 0 Å². The second kappa shape index (κ2) is 39.0. The molecule has 3 atom stereocenters. The van der Waals surface area contributed by atoms with Crippen LogP contribution >= 0.6 is 7.82 Å². The Bertz CT molecular complexity index is 870. The lowest BCUT2D eigenvalue weighted by molar-refractivity contribution is -0.870. The Morgan fingerprint density at radius 3 is 1.22 bits per heavy atom. The Kier molecular flexibility index (Phi) is 38.6. The van der Waals surface area contributed by atoms with Gasteiger partial charge in [-0.3, -0.25) is 13.8 Å². The van der Waals surface area contributed by atoms with E-state index in [0.717, 1.165) is 38.5 Å². The first-order valence-electron chi connectivity index (χ1n) is 23.9. The largest absolute Gasteiger partial charge is 0.472 e. The molecule has 0 rings (SSSR count). The van der Waals surface area contributed by atoms with Crippen LogP contribution in [-0.4, -0.2) is 73.4 Å². The molecule has 0 spiro atoms. The lowest BCUT2D eigenvalue weighted by Crippen LogP contribution is -2.46. The number of aliphatic hydroxyl groups excluding tert-OH is 1. The van der Waals surface area contributed by atoms with E-state index in [2.05, 4.69) is 19.2 Å². The first-order chi connectivity index (χ1) is 26.5. The van der Waals surface area contributed by atoms with Gasteiger partial charge in [-0.2, -0.15) is 0 Å². The number of carbonyl (C=O) groups is 1. The quantitative estimate of drug-likeness (QED) is 0.0322. The number of phosphoric ester groups is 1. The maximum atomic E-state index is 12.8. The number of unbranched alkanes of at least 4 members (excludes halogenated alkanes) is 31. The molecule has 3 N–H and O–H groups in total. The summed E-state index contributed by atoms with van der Waals surface area (Å²) >= 11 is 0. The van der Waals surface area contributed by atoms with Crippen LogP contribution in [0.3, 0.4) is 0 Å². The molecule has 0 aromatic heterocycles. The zero-order valence-corrected chi connectivity index (χ0v) is 38.3. The van der Waals surface area contributed by atoms with Crippen molar-refractivity contribution >= 4 is 13.7 Å². The van der Waals surface area contributed by atoms with Crippen LogP contribution in [0, 0.1) is 0 Å². The Balaban J connectivity index is 4.06. The van der Waals surface area contributed by atoms with Crippen LogP contribution in [0.15, 0.2) is 0 Å². The highest BCUT2D eigenvalue weighted by atomic mass is 31.2. The van der Waals surface area contributed by atoms with Gasteiger partial charge in [0, 0.05) is 6.42 Å². The van der Waals surface area contributed by atoms with Crippen molar-refractivity contribution in [3.05, 3.63) is 0 Å². The number of aliphatic hydroxyl groups is 1. The van der Waals surface area contributed by atoms with E-state index in [1.165, 1.54) is 173 Å². The third-order valence-electron chi connectivity index (χ3n) is 11.1. The summed E-state index contributed by atoms with van der Waals surface area (Å²) in [7, 11) is 1.63. The summed E-state index contributed by atoms with van der Waals surface area (Å²) in [5.74, 6) is -0.146. The van der Waals surface area contributed by atoms with Gasteiger partial charge in [-0.25, -0.2) is 4.57 Å². The van der Waals surface area contributed by atoms with Crippen molar-refractivity contribution in [3.63, 3.8) is 0 Å². The number of rotatable bonds is 44. The highest BCUT2D eigenvalue weighted by molar-refractivity contribution is 7.47. The van der Waals surface area contributed by atoms with Crippen molar-refractivity contribution < 1.29 is 32.9 Å². The van der Waals surface area contributed by atoms with Gasteiger partial charge in [-0.05, 0) is 12.8 Å². The summed E-state index contributed by atoms with van der Waals surface area (Å²) in [4.78, 5) is 23.0. The van der Waals surface area contributed by atoms with Gasteiger partial charge in [0.25, 0.3) is 0 Å². The minimum Gasteiger partial charge on any atom is -0.391 e. The van der Waals surface area contributed by atoms with Gasteiger partial charge in [0.1, 0.15) is 13.2 Å². The van der Waals surface area contributed by atoms with Crippen LogP contribution in [0.4, 0.5) is 0 Å². The number of quaternary nitrogens is 1. The van der Waals surface area contributed by atoms with Crippen molar-refractivity contribution in [3.8, 4) is 0 Å². The third kappa shape index (κ3) is 41.5. The summed E-state index contributed by atoms with van der Waals surface area (Å²) in [6.45, 7) is 4.88. The zero-order chi connectivity index (χ0) is 40.7. The summed E-state index contributed by atoms with van der Waals surface area (Å²) < 4.78 is 23.6. The summed E-state index contributed by atoms with van der Waals surface area (Å²) in [6, 6.07) is -0.751. The van der Waals surface area contributed by atoms with Crippen molar-refractivity contribution in [2.24, 2.45) is 0 Å². The molecule has 55 heavy (non-hydrogen) atoms. The average molecular weight is 804 g/mol. The molecular formula is C46H96N2O6P+. The number of carbonyl (C=O) groups excluding carboxylic acids is 1. The number of phosphoric acid groups is 1. The molecule has 1 amide bonds. The number of likely N-dealkylation sites (N-methyl/N-ethyl adjacent to an activating group) is 1. The molecule has 8 nitrogen and oxygen atoms in total. The van der Waals surface area contributed by atoms with E-state index in [1.807, 2.05) is 21.1 Å². The minimum absolute atomic E-state index is 0.0782. The molecule has 0 aliphatic heterocycles. The first kappa shape index (κ1) is 54.5. The Hall–Kier alpha value is -0.500. The first-order valence-corrected chi connectivity index (χ1v) is 25.4. The summed E-state index contributed by atoms with van der Waals surface area (Å²) in [6.07, 6.45) is 43.0. The second-order valence-electron chi connectivity index (χ2n) is 17.9. The molecule has 0 bridgehead atoms. The lowest BCUT2D eigenvalue weighted by Gasteiger charge is -2.26. The summed E-state index contributed by atoms with van der Waals surface area (Å²) in [5, 5.41) is 13.9. The number of hydrogen-bond donors (Lipinski definition) is 3. The number of amides is 1. The Morgan fingerprint density at radius 1 is 0.545 bits per heavy atom. The van der Waals surface area contributed by atoms with Gasteiger partial charge >= 0.3 is 7.82 Å². The van der Waals surface area contributed by atoms with Gasteiger partial charge in [-0.1, -0.05) is 219 Å². The number of hydrogen-bond acceptors (Lipinski definition) is 5. The van der Waals surface area contributed by atoms with Gasteiger partial charge in [0.05, 0.1) is 39.9 Å². The highest BCUT2D eigenvalue weighted by Gasteiger charge is 2.28. The molecule has 9 heteroatoms. The van der Waals surface area contributed by atoms with E-state index in [0.29, 0.717) is 23.9 Å². The molecular weight excluding hydrogens is 707 g/mol. The maximum absolute atomic E-state index is 12.8. The van der Waals surface area contributed by atoms with Crippen molar-refractivity contribution in [2.45, 2.75) is 251 Å². The third-order valence-corrected chi connectivity index (χ3v) is 12.1. The van der Waals surface area contributed by atoms with E-state index < -0.39 is 20.0 Å². The molecule has 0 aliphatic carbocycles. The fraction of sp³-hybridized carbons (Fsp3) is 0.978. The van der Waals surface area contributed by atoms with Crippen molar-refractivity contribution in [2.75, 3.05) is 40.9 Å². The molecule has 0 saturated heterocycles. The van der Waals surface area contributed by atoms with E-state index >= 15 is 0 Å². The molecule has 0 aromatic rings. The molecule has 0 aromatic carbocycles. The van der Waals surface area contributed by atoms with Crippen LogP contribution in [0.2, 0.25) is 0 Å². The molecule has 0 aliphatic rings. The normalized spacial score (nSPS) is 14.2. The topological polar surface area (TPSA) is 105 Å². The molecule has 3 unspecified atom stereocenters. The predicted molar refractivity (Wildman–Crippen MR) is 236 cm³/mol.